The van der Waals surface area contributed by atoms with Crippen LogP contribution in [0.3, 0.4) is 0 Å². The number of aliphatic hydroxyl groups excluding tert-OH is 1. The van der Waals surface area contributed by atoms with Gasteiger partial charge < -0.3 is 15.2 Å². The highest BCUT2D eigenvalue weighted by molar-refractivity contribution is 14.1. The normalized spacial score (nSPS) is 10.6. The van der Waals surface area contributed by atoms with Crippen molar-refractivity contribution in [2.75, 3.05) is 0 Å². The summed E-state index contributed by atoms with van der Waals surface area (Å²) in [7, 11) is 0. The molecule has 0 aliphatic rings. The summed E-state index contributed by atoms with van der Waals surface area (Å²) in [6.45, 7) is -0.123. The Balaban J connectivity index is 1.56. The minimum atomic E-state index is -0.677. The van der Waals surface area contributed by atoms with E-state index in [9.17, 15) is 14.7 Å². The van der Waals surface area contributed by atoms with E-state index in [4.69, 9.17) is 21.2 Å². The van der Waals surface area contributed by atoms with E-state index >= 15 is 0 Å². The van der Waals surface area contributed by atoms with Gasteiger partial charge in [-0.1, -0.05) is 78.3 Å². The zero-order valence-corrected chi connectivity index (χ0v) is 23.6. The molecule has 0 bridgehead atoms. The topological polar surface area (TPSA) is 110 Å². The number of aliphatic hydroxyl groups is 1. The van der Waals surface area contributed by atoms with Crippen LogP contribution in [0, 0.1) is 3.57 Å². The third kappa shape index (κ3) is 7.76. The van der Waals surface area contributed by atoms with Gasteiger partial charge in [-0.25, -0.2) is 10.5 Å². The van der Waals surface area contributed by atoms with Crippen LogP contribution >= 0.6 is 34.2 Å². The Morgan fingerprint density at radius 1 is 0.897 bits per heavy atom. The van der Waals surface area contributed by atoms with Gasteiger partial charge in [0.05, 0.1) is 23.8 Å². The number of nitrogens with one attached hydrogen (secondary N) is 2. The zero-order valence-electron chi connectivity index (χ0n) is 20.7. The maximum absolute atomic E-state index is 13.1. The number of halogens is 2. The second-order valence-corrected chi connectivity index (χ2v) is 9.97. The van der Waals surface area contributed by atoms with Crippen molar-refractivity contribution in [2.45, 2.75) is 26.4 Å². The van der Waals surface area contributed by atoms with Crippen molar-refractivity contribution in [3.05, 3.63) is 127 Å². The third-order valence-corrected chi connectivity index (χ3v) is 7.24. The van der Waals surface area contributed by atoms with Gasteiger partial charge in [0, 0.05) is 21.9 Å². The monoisotopic (exact) mass is 657 g/mol. The van der Waals surface area contributed by atoms with Gasteiger partial charge in [-0.15, -0.1) is 0 Å². The van der Waals surface area contributed by atoms with E-state index in [1.54, 1.807) is 6.07 Å². The Labute approximate surface area is 244 Å². The van der Waals surface area contributed by atoms with Crippen LogP contribution in [0.2, 0.25) is 5.02 Å². The highest BCUT2D eigenvalue weighted by Crippen LogP contribution is 2.28. The first-order chi connectivity index (χ1) is 19.0. The molecule has 0 aliphatic carbocycles. The molecular formula is C29H25ClIN3O5. The molecule has 4 rings (SSSR count). The van der Waals surface area contributed by atoms with E-state index in [1.165, 1.54) is 6.20 Å². The van der Waals surface area contributed by atoms with Crippen LogP contribution in [0.25, 0.3) is 0 Å². The van der Waals surface area contributed by atoms with Crippen molar-refractivity contribution in [2.24, 2.45) is 0 Å². The second kappa shape index (κ2) is 14.0. The number of aromatic nitrogens is 1. The highest BCUT2D eigenvalue weighted by Gasteiger charge is 2.24. The summed E-state index contributed by atoms with van der Waals surface area (Å²) in [5.41, 5.74) is 4.96. The van der Waals surface area contributed by atoms with Gasteiger partial charge in [0.25, 0.3) is 11.8 Å². The van der Waals surface area contributed by atoms with Crippen LogP contribution in [0.1, 0.15) is 43.1 Å². The SMILES string of the molecule is O=C(NCc1ccc(I)c(Cl)c1)c1cnc(C(=O)NOCc2ccccc2)c(OCc2ccccc2)c1CO. The standard InChI is InChI=1S/C29H25ClIN3O5/c30-24-13-21(11-12-25(24)31)14-33-28(36)22-15-32-26(29(37)34-39-18-20-9-5-2-6-10-20)27(23(22)16-35)38-17-19-7-3-1-4-8-19/h1-13,15,35H,14,16-18H2,(H,33,36)(H,34,37). The molecule has 2 amide bonds. The van der Waals surface area contributed by atoms with Crippen molar-refractivity contribution in [1.29, 1.82) is 0 Å². The van der Waals surface area contributed by atoms with Crippen LogP contribution in [0.5, 0.6) is 5.75 Å². The van der Waals surface area contributed by atoms with E-state index in [1.807, 2.05) is 72.8 Å². The average molecular weight is 658 g/mol. The summed E-state index contributed by atoms with van der Waals surface area (Å²) in [5, 5.41) is 13.7. The first-order valence-corrected chi connectivity index (χ1v) is 13.4. The molecule has 0 saturated heterocycles. The lowest BCUT2D eigenvalue weighted by atomic mass is 10.1. The Hall–Kier alpha value is -3.51. The molecule has 0 unspecified atom stereocenters. The number of benzene rings is 3. The molecule has 1 aromatic heterocycles. The van der Waals surface area contributed by atoms with Crippen LogP contribution < -0.4 is 15.5 Å². The van der Waals surface area contributed by atoms with Crippen LogP contribution in [0.4, 0.5) is 0 Å². The molecule has 3 N–H and O–H groups in total. The Kier molecular flexibility index (Phi) is 10.3. The molecule has 0 saturated carbocycles. The fourth-order valence-electron chi connectivity index (χ4n) is 3.67. The Morgan fingerprint density at radius 3 is 2.21 bits per heavy atom. The van der Waals surface area contributed by atoms with E-state index in [2.05, 4.69) is 38.4 Å². The van der Waals surface area contributed by atoms with E-state index in [0.717, 1.165) is 20.3 Å². The quantitative estimate of drug-likeness (QED) is 0.151. The molecule has 200 valence electrons. The van der Waals surface area contributed by atoms with Gasteiger partial charge >= 0.3 is 0 Å². The van der Waals surface area contributed by atoms with Crippen LogP contribution in [-0.4, -0.2) is 21.9 Å². The number of nitrogens with zero attached hydrogens (tertiary/aromatic N) is 1. The number of carbonyl (C=O) groups excluding carboxylic acids is 2. The van der Waals surface area contributed by atoms with Crippen molar-refractivity contribution >= 4 is 46.0 Å². The second-order valence-electron chi connectivity index (χ2n) is 8.40. The van der Waals surface area contributed by atoms with Gasteiger partial charge in [-0.3, -0.25) is 14.4 Å². The summed E-state index contributed by atoms with van der Waals surface area (Å²) in [4.78, 5) is 35.7. The molecule has 0 spiro atoms. The largest absolute Gasteiger partial charge is 0.486 e. The molecule has 3 aromatic carbocycles. The summed E-state index contributed by atoms with van der Waals surface area (Å²) >= 11 is 8.32. The number of rotatable bonds is 11. The lowest BCUT2D eigenvalue weighted by Crippen LogP contribution is -2.28. The maximum atomic E-state index is 13.1. The van der Waals surface area contributed by atoms with Crippen molar-refractivity contribution in [1.82, 2.24) is 15.8 Å². The molecule has 1 heterocycles. The lowest BCUT2D eigenvalue weighted by molar-refractivity contribution is 0.0226. The third-order valence-electron chi connectivity index (χ3n) is 5.66. The summed E-state index contributed by atoms with van der Waals surface area (Å²) in [6, 6.07) is 24.1. The molecule has 10 heteroatoms. The molecular weight excluding hydrogens is 633 g/mol. The van der Waals surface area contributed by atoms with Gasteiger partial charge in [0.15, 0.2) is 11.4 Å². The van der Waals surface area contributed by atoms with Crippen molar-refractivity contribution in [3.63, 3.8) is 0 Å². The first kappa shape index (κ1) is 28.5. The van der Waals surface area contributed by atoms with Gasteiger partial charge in [-0.2, -0.15) is 0 Å². The fourth-order valence-corrected chi connectivity index (χ4v) is 4.20. The predicted molar refractivity (Wildman–Crippen MR) is 155 cm³/mol. The molecule has 0 fully saturated rings. The molecule has 0 atom stereocenters. The molecule has 39 heavy (non-hydrogen) atoms. The summed E-state index contributed by atoms with van der Waals surface area (Å²) in [6.07, 6.45) is 1.24. The molecule has 8 nitrogen and oxygen atoms in total. The first-order valence-electron chi connectivity index (χ1n) is 11.9. The van der Waals surface area contributed by atoms with Gasteiger partial charge in [0.2, 0.25) is 0 Å². The van der Waals surface area contributed by atoms with Crippen molar-refractivity contribution in [3.8, 4) is 5.75 Å². The van der Waals surface area contributed by atoms with E-state index < -0.39 is 18.4 Å². The van der Waals surface area contributed by atoms with Crippen LogP contribution in [0.15, 0.2) is 85.1 Å². The predicted octanol–water partition coefficient (Wildman–Crippen LogP) is 5.20. The minimum absolute atomic E-state index is 0.00729. The number of hydrogen-bond acceptors (Lipinski definition) is 6. The number of hydroxylamine groups is 1. The summed E-state index contributed by atoms with van der Waals surface area (Å²) in [5.74, 6) is -1.17. The molecule has 0 radical (unpaired) electrons. The van der Waals surface area contributed by atoms with Crippen LogP contribution in [-0.2, 0) is 31.2 Å². The average Bonchev–Trinajstić information content (AvgIpc) is 2.97. The number of hydrogen-bond donors (Lipinski definition) is 3. The Bertz CT molecular complexity index is 1440. The number of pyridine rings is 1. The number of ether oxygens (including phenoxy) is 1. The highest BCUT2D eigenvalue weighted by atomic mass is 127. The maximum Gasteiger partial charge on any atom is 0.297 e. The van der Waals surface area contributed by atoms with Crippen molar-refractivity contribution < 1.29 is 24.3 Å². The smallest absolute Gasteiger partial charge is 0.297 e. The zero-order chi connectivity index (χ0) is 27.6. The fraction of sp³-hybridized carbons (Fsp3) is 0.138. The number of carbonyl (C=O) groups is 2. The number of amides is 2. The Morgan fingerprint density at radius 2 is 1.56 bits per heavy atom. The van der Waals surface area contributed by atoms with Gasteiger partial charge in [0.1, 0.15) is 6.61 Å². The molecule has 0 aliphatic heterocycles. The van der Waals surface area contributed by atoms with E-state index in [-0.39, 0.29) is 42.3 Å². The van der Waals surface area contributed by atoms with Gasteiger partial charge in [-0.05, 0) is 51.4 Å². The summed E-state index contributed by atoms with van der Waals surface area (Å²) < 4.78 is 6.88. The van der Waals surface area contributed by atoms with E-state index in [0.29, 0.717) is 5.02 Å². The lowest BCUT2D eigenvalue weighted by Gasteiger charge is -2.17. The molecule has 4 aromatic rings. The minimum Gasteiger partial charge on any atom is -0.486 e.